The number of hydrogen-bond acceptors (Lipinski definition) is 6. The molecular weight excluding hydrogens is 424 g/mol. The van der Waals surface area contributed by atoms with Gasteiger partial charge >= 0.3 is 0 Å². The number of hydrogen-bond donors (Lipinski definition) is 0. The van der Waals surface area contributed by atoms with E-state index < -0.39 is 10.8 Å². The lowest BCUT2D eigenvalue weighted by molar-refractivity contribution is -0.385. The molecule has 1 aromatic carbocycles. The molecule has 33 heavy (non-hydrogen) atoms. The Hall–Kier alpha value is -4.65. The summed E-state index contributed by atoms with van der Waals surface area (Å²) in [6.07, 6.45) is 2.20. The molecule has 10 nitrogen and oxygen atoms in total. The highest BCUT2D eigenvalue weighted by molar-refractivity contribution is 5.98. The average Bonchev–Trinajstić information content (AvgIpc) is 2.81. The predicted octanol–water partition coefficient (Wildman–Crippen LogP) is 2.89. The number of aromatic nitrogens is 3. The van der Waals surface area contributed by atoms with Gasteiger partial charge in [0.25, 0.3) is 17.2 Å². The first-order valence-corrected chi connectivity index (χ1v) is 10.2. The van der Waals surface area contributed by atoms with E-state index in [4.69, 9.17) is 0 Å². The van der Waals surface area contributed by atoms with E-state index in [9.17, 15) is 25.0 Å². The Kier molecular flexibility index (Phi) is 5.54. The zero-order chi connectivity index (χ0) is 23.7. The van der Waals surface area contributed by atoms with Crippen LogP contribution in [0.5, 0.6) is 0 Å². The Morgan fingerprint density at radius 3 is 2.70 bits per heavy atom. The molecule has 0 atom stereocenters. The van der Waals surface area contributed by atoms with Crippen LogP contribution >= 0.6 is 0 Å². The van der Waals surface area contributed by atoms with Crippen molar-refractivity contribution in [3.63, 3.8) is 0 Å². The van der Waals surface area contributed by atoms with E-state index in [1.807, 2.05) is 26.0 Å². The monoisotopic (exact) mass is 442 g/mol. The van der Waals surface area contributed by atoms with Gasteiger partial charge in [0.2, 0.25) is 0 Å². The number of nitriles is 1. The summed E-state index contributed by atoms with van der Waals surface area (Å²) >= 11 is 0. The summed E-state index contributed by atoms with van der Waals surface area (Å²) in [5.41, 5.74) is 0.566. The van der Waals surface area contributed by atoms with Crippen LogP contribution in [0.1, 0.15) is 34.8 Å². The van der Waals surface area contributed by atoms with Crippen LogP contribution in [0, 0.1) is 28.4 Å². The summed E-state index contributed by atoms with van der Waals surface area (Å²) in [4.78, 5) is 45.6. The quantitative estimate of drug-likeness (QED) is 0.271. The van der Waals surface area contributed by atoms with Gasteiger partial charge in [-0.3, -0.25) is 24.1 Å². The lowest BCUT2D eigenvalue weighted by Gasteiger charge is -2.13. The van der Waals surface area contributed by atoms with Gasteiger partial charge in [-0.25, -0.2) is 4.98 Å². The fourth-order valence-electron chi connectivity index (χ4n) is 3.70. The highest BCUT2D eigenvalue weighted by atomic mass is 16.6. The van der Waals surface area contributed by atoms with Gasteiger partial charge in [-0.2, -0.15) is 10.3 Å². The first-order valence-electron chi connectivity index (χ1n) is 10.2. The van der Waals surface area contributed by atoms with Crippen LogP contribution in [0.25, 0.3) is 16.7 Å². The van der Waals surface area contributed by atoms with Crippen LogP contribution < -0.4 is 11.0 Å². The van der Waals surface area contributed by atoms with E-state index in [0.29, 0.717) is 18.6 Å². The van der Waals surface area contributed by atoms with Crippen LogP contribution in [-0.4, -0.2) is 24.8 Å². The average molecular weight is 442 g/mol. The minimum atomic E-state index is -0.864. The largest absolute Gasteiger partial charge is 0.309 e. The number of benzene rings is 1. The minimum Gasteiger partial charge on any atom is -0.309 e. The molecule has 0 unspecified atom stereocenters. The van der Waals surface area contributed by atoms with Gasteiger partial charge in [-0.1, -0.05) is 25.1 Å². The maximum atomic E-state index is 13.2. The molecule has 10 heteroatoms. The van der Waals surface area contributed by atoms with Crippen molar-refractivity contribution in [3.05, 3.63) is 91.3 Å². The van der Waals surface area contributed by atoms with Gasteiger partial charge in [0.15, 0.2) is 5.49 Å². The molecule has 0 saturated carbocycles. The molecule has 0 aliphatic heterocycles. The van der Waals surface area contributed by atoms with E-state index >= 15 is 0 Å². The van der Waals surface area contributed by atoms with Crippen molar-refractivity contribution < 1.29 is 9.72 Å². The standard InChI is InChI=1S/C23H18N6O4/c1-3-10-27-20(26-22(30)16-8-4-5-9-18(16)29(32)33)15(13-24)12-17-21(27)25-19-14(2)7-6-11-28(19)23(17)31/h4-9,11-12H,3,10H2,1-2H3. The molecule has 0 spiro atoms. The Labute approximate surface area is 186 Å². The van der Waals surface area contributed by atoms with Crippen LogP contribution in [-0.2, 0) is 6.54 Å². The van der Waals surface area contributed by atoms with Crippen LogP contribution in [0.15, 0.2) is 58.4 Å². The van der Waals surface area contributed by atoms with Crippen molar-refractivity contribution in [2.45, 2.75) is 26.8 Å². The molecule has 0 bridgehead atoms. The normalized spacial score (nSPS) is 11.6. The van der Waals surface area contributed by atoms with Crippen molar-refractivity contribution in [1.29, 1.82) is 5.26 Å². The van der Waals surface area contributed by atoms with Crippen LogP contribution in [0.2, 0.25) is 0 Å². The van der Waals surface area contributed by atoms with Crippen molar-refractivity contribution >= 4 is 28.3 Å². The molecule has 0 fully saturated rings. The van der Waals surface area contributed by atoms with E-state index in [0.717, 1.165) is 5.56 Å². The molecular formula is C23H18N6O4. The second kappa shape index (κ2) is 8.47. The fraction of sp³-hybridized carbons (Fsp3) is 0.174. The number of nitrogens with zero attached hydrogens (tertiary/aromatic N) is 6. The Morgan fingerprint density at radius 2 is 2.00 bits per heavy atom. The fourth-order valence-corrected chi connectivity index (χ4v) is 3.70. The number of aryl methyl sites for hydroxylation is 2. The number of fused-ring (bicyclic) bond motifs is 2. The smallest absolute Gasteiger partial charge is 0.285 e. The SMILES string of the molecule is CCCn1c(=NC(=O)c2ccccc2[N+](=O)[O-])c(C#N)cc2c(=O)n3cccc(C)c3nc21. The summed E-state index contributed by atoms with van der Waals surface area (Å²) < 4.78 is 2.96. The first kappa shape index (κ1) is 21.6. The molecule has 4 aromatic rings. The third-order valence-corrected chi connectivity index (χ3v) is 5.21. The Morgan fingerprint density at radius 1 is 1.24 bits per heavy atom. The minimum absolute atomic E-state index is 0.000153. The van der Waals surface area contributed by atoms with Crippen LogP contribution in [0.4, 0.5) is 5.69 Å². The van der Waals surface area contributed by atoms with Crippen molar-refractivity contribution in [3.8, 4) is 6.07 Å². The number of pyridine rings is 2. The second-order valence-electron chi connectivity index (χ2n) is 7.38. The summed E-state index contributed by atoms with van der Waals surface area (Å²) in [7, 11) is 0. The number of nitro groups is 1. The number of amides is 1. The van der Waals surface area contributed by atoms with Gasteiger partial charge in [0, 0.05) is 18.8 Å². The lowest BCUT2D eigenvalue weighted by atomic mass is 10.1. The summed E-state index contributed by atoms with van der Waals surface area (Å²) in [5, 5.41) is 21.3. The maximum absolute atomic E-state index is 13.2. The molecule has 0 radical (unpaired) electrons. The number of rotatable bonds is 4. The van der Waals surface area contributed by atoms with E-state index in [2.05, 4.69) is 9.98 Å². The predicted molar refractivity (Wildman–Crippen MR) is 120 cm³/mol. The molecule has 0 N–H and O–H groups in total. The second-order valence-corrected chi connectivity index (χ2v) is 7.38. The van der Waals surface area contributed by atoms with Crippen LogP contribution in [0.3, 0.4) is 0 Å². The molecule has 1 amide bonds. The van der Waals surface area contributed by atoms with Crippen molar-refractivity contribution in [2.75, 3.05) is 0 Å². The Bertz CT molecular complexity index is 1620. The number of carbonyl (C=O) groups excluding carboxylic acids is 1. The molecule has 0 aliphatic rings. The van der Waals surface area contributed by atoms with Gasteiger partial charge in [-0.15, -0.1) is 0 Å². The lowest BCUT2D eigenvalue weighted by Crippen LogP contribution is -2.29. The molecule has 164 valence electrons. The summed E-state index contributed by atoms with van der Waals surface area (Å²) in [5.74, 6) is -0.864. The van der Waals surface area contributed by atoms with Gasteiger partial charge in [-0.05, 0) is 37.1 Å². The molecule has 3 heterocycles. The van der Waals surface area contributed by atoms with Crippen molar-refractivity contribution in [2.24, 2.45) is 4.99 Å². The molecule has 3 aromatic heterocycles. The summed E-state index contributed by atoms with van der Waals surface area (Å²) in [6.45, 7) is 4.04. The highest BCUT2D eigenvalue weighted by Gasteiger charge is 2.20. The number of nitro benzene ring substituents is 1. The molecule has 0 saturated heterocycles. The topological polar surface area (TPSA) is 136 Å². The zero-order valence-corrected chi connectivity index (χ0v) is 17.8. The van der Waals surface area contributed by atoms with Crippen molar-refractivity contribution in [1.82, 2.24) is 14.0 Å². The van der Waals surface area contributed by atoms with Gasteiger partial charge < -0.3 is 4.57 Å². The number of para-hydroxylation sites is 1. The maximum Gasteiger partial charge on any atom is 0.285 e. The van der Waals surface area contributed by atoms with E-state index in [1.165, 1.54) is 34.7 Å². The van der Waals surface area contributed by atoms with E-state index in [-0.39, 0.29) is 38.9 Å². The molecule has 4 rings (SSSR count). The molecule has 0 aliphatic carbocycles. The highest BCUT2D eigenvalue weighted by Crippen LogP contribution is 2.19. The Balaban J connectivity index is 2.12. The van der Waals surface area contributed by atoms with Gasteiger partial charge in [0.1, 0.15) is 22.9 Å². The first-order chi connectivity index (χ1) is 15.9. The zero-order valence-electron chi connectivity index (χ0n) is 17.8. The summed E-state index contributed by atoms with van der Waals surface area (Å²) in [6, 6.07) is 12.4. The van der Waals surface area contributed by atoms with E-state index in [1.54, 1.807) is 16.8 Å². The third kappa shape index (κ3) is 3.65. The van der Waals surface area contributed by atoms with Gasteiger partial charge in [0.05, 0.1) is 15.9 Å². The number of carbonyl (C=O) groups is 1. The third-order valence-electron chi connectivity index (χ3n) is 5.21.